The lowest BCUT2D eigenvalue weighted by Crippen LogP contribution is -2.33. The van der Waals surface area contributed by atoms with E-state index in [1.165, 1.54) is 5.56 Å². The zero-order chi connectivity index (χ0) is 15.4. The maximum Gasteiger partial charge on any atom is 0.228 e. The Morgan fingerprint density at radius 3 is 2.59 bits per heavy atom. The minimum absolute atomic E-state index is 0.141. The molecule has 0 radical (unpaired) electrons. The van der Waals surface area contributed by atoms with Crippen molar-refractivity contribution < 1.29 is 4.79 Å². The van der Waals surface area contributed by atoms with Crippen molar-refractivity contribution in [1.82, 2.24) is 9.88 Å². The standard InChI is InChI=1S/C17H20N4O/c18-16-7-6-15(12-19-16)21-11-10-20(9-8-17(21)22)13-14-4-2-1-3-5-14/h1-7,12H,8-11,13H2,(H2,18,19). The molecule has 2 aromatic rings. The molecule has 0 unspecified atom stereocenters. The Bertz CT molecular complexity index is 627. The average molecular weight is 296 g/mol. The van der Waals surface area contributed by atoms with Gasteiger partial charge in [0.05, 0.1) is 11.9 Å². The molecule has 1 aliphatic heterocycles. The van der Waals surface area contributed by atoms with Crippen LogP contribution in [0.25, 0.3) is 0 Å². The van der Waals surface area contributed by atoms with Crippen LogP contribution in [0.5, 0.6) is 0 Å². The molecule has 2 N–H and O–H groups in total. The predicted molar refractivity (Wildman–Crippen MR) is 87.3 cm³/mol. The highest BCUT2D eigenvalue weighted by atomic mass is 16.2. The molecule has 1 aromatic heterocycles. The van der Waals surface area contributed by atoms with Gasteiger partial charge in [0.25, 0.3) is 0 Å². The predicted octanol–water partition coefficient (Wildman–Crippen LogP) is 1.90. The van der Waals surface area contributed by atoms with E-state index in [4.69, 9.17) is 5.73 Å². The summed E-state index contributed by atoms with van der Waals surface area (Å²) in [6.07, 6.45) is 2.19. The summed E-state index contributed by atoms with van der Waals surface area (Å²) in [5.74, 6) is 0.610. The first kappa shape index (κ1) is 14.5. The second-order valence-corrected chi connectivity index (χ2v) is 5.50. The summed E-state index contributed by atoms with van der Waals surface area (Å²) in [5.41, 5.74) is 7.70. The number of rotatable bonds is 3. The molecule has 2 heterocycles. The summed E-state index contributed by atoms with van der Waals surface area (Å²) in [6, 6.07) is 13.9. The largest absolute Gasteiger partial charge is 0.384 e. The molecule has 0 bridgehead atoms. The highest BCUT2D eigenvalue weighted by molar-refractivity contribution is 5.93. The van der Waals surface area contributed by atoms with Crippen LogP contribution >= 0.6 is 0 Å². The lowest BCUT2D eigenvalue weighted by atomic mass is 10.2. The van der Waals surface area contributed by atoms with Crippen molar-refractivity contribution in [3.05, 3.63) is 54.2 Å². The van der Waals surface area contributed by atoms with E-state index in [0.717, 1.165) is 25.3 Å². The van der Waals surface area contributed by atoms with Crippen LogP contribution < -0.4 is 10.6 Å². The first-order chi connectivity index (χ1) is 10.7. The SMILES string of the molecule is Nc1ccc(N2CCN(Cc3ccccc3)CCC2=O)cn1. The molecular formula is C17H20N4O. The zero-order valence-corrected chi connectivity index (χ0v) is 12.5. The average Bonchev–Trinajstić information content (AvgIpc) is 2.72. The van der Waals surface area contributed by atoms with Gasteiger partial charge in [-0.2, -0.15) is 0 Å². The highest BCUT2D eigenvalue weighted by Gasteiger charge is 2.22. The number of aromatic nitrogens is 1. The summed E-state index contributed by atoms with van der Waals surface area (Å²) in [7, 11) is 0. The van der Waals surface area contributed by atoms with E-state index in [0.29, 0.717) is 18.8 Å². The number of hydrogen-bond acceptors (Lipinski definition) is 4. The van der Waals surface area contributed by atoms with Crippen LogP contribution in [0.2, 0.25) is 0 Å². The Morgan fingerprint density at radius 1 is 1.05 bits per heavy atom. The van der Waals surface area contributed by atoms with Crippen molar-refractivity contribution in [2.24, 2.45) is 0 Å². The van der Waals surface area contributed by atoms with Crippen LogP contribution in [0.4, 0.5) is 11.5 Å². The van der Waals surface area contributed by atoms with Crippen LogP contribution in [-0.4, -0.2) is 35.4 Å². The third-order valence-electron chi connectivity index (χ3n) is 3.91. The Kier molecular flexibility index (Phi) is 4.34. The van der Waals surface area contributed by atoms with Crippen LogP contribution in [0, 0.1) is 0 Å². The zero-order valence-electron chi connectivity index (χ0n) is 12.5. The Labute approximate surface area is 130 Å². The maximum absolute atomic E-state index is 12.3. The van der Waals surface area contributed by atoms with Gasteiger partial charge >= 0.3 is 0 Å². The van der Waals surface area contributed by atoms with Crippen LogP contribution in [0.1, 0.15) is 12.0 Å². The summed E-state index contributed by atoms with van der Waals surface area (Å²) in [6.45, 7) is 3.19. The van der Waals surface area contributed by atoms with Gasteiger partial charge in [0.1, 0.15) is 5.82 Å². The van der Waals surface area contributed by atoms with E-state index in [1.807, 2.05) is 24.3 Å². The van der Waals surface area contributed by atoms with E-state index < -0.39 is 0 Å². The van der Waals surface area contributed by atoms with Gasteiger partial charge in [0.15, 0.2) is 0 Å². The fraction of sp³-hybridized carbons (Fsp3) is 0.294. The first-order valence-corrected chi connectivity index (χ1v) is 7.50. The smallest absolute Gasteiger partial charge is 0.228 e. The van der Waals surface area contributed by atoms with E-state index in [9.17, 15) is 4.79 Å². The van der Waals surface area contributed by atoms with Gasteiger partial charge in [0.2, 0.25) is 5.91 Å². The van der Waals surface area contributed by atoms with E-state index in [-0.39, 0.29) is 5.91 Å². The van der Waals surface area contributed by atoms with Crippen molar-refractivity contribution in [3.8, 4) is 0 Å². The van der Waals surface area contributed by atoms with Crippen LogP contribution in [0.15, 0.2) is 48.7 Å². The third kappa shape index (κ3) is 3.43. The number of benzene rings is 1. The van der Waals surface area contributed by atoms with Crippen molar-refractivity contribution >= 4 is 17.4 Å². The number of nitrogen functional groups attached to an aromatic ring is 1. The Hall–Kier alpha value is -2.40. The van der Waals surface area contributed by atoms with Crippen LogP contribution in [-0.2, 0) is 11.3 Å². The Morgan fingerprint density at radius 2 is 1.86 bits per heavy atom. The van der Waals surface area contributed by atoms with Gasteiger partial charge in [-0.25, -0.2) is 4.98 Å². The molecule has 1 saturated heterocycles. The molecule has 0 aliphatic carbocycles. The molecule has 1 aromatic carbocycles. The van der Waals surface area contributed by atoms with Gasteiger partial charge in [0, 0.05) is 32.6 Å². The first-order valence-electron chi connectivity index (χ1n) is 7.50. The van der Waals surface area contributed by atoms with Crippen molar-refractivity contribution in [3.63, 3.8) is 0 Å². The molecule has 22 heavy (non-hydrogen) atoms. The number of pyridine rings is 1. The molecule has 1 fully saturated rings. The molecule has 0 saturated carbocycles. The fourth-order valence-corrected chi connectivity index (χ4v) is 2.70. The molecule has 3 rings (SSSR count). The van der Waals surface area contributed by atoms with Crippen molar-refractivity contribution in [1.29, 1.82) is 0 Å². The monoisotopic (exact) mass is 296 g/mol. The lowest BCUT2D eigenvalue weighted by molar-refractivity contribution is -0.118. The summed E-state index contributed by atoms with van der Waals surface area (Å²) < 4.78 is 0. The lowest BCUT2D eigenvalue weighted by Gasteiger charge is -2.22. The maximum atomic E-state index is 12.3. The fourth-order valence-electron chi connectivity index (χ4n) is 2.70. The number of carbonyl (C=O) groups is 1. The van der Waals surface area contributed by atoms with Gasteiger partial charge < -0.3 is 10.6 Å². The number of nitrogens with two attached hydrogens (primary N) is 1. The minimum atomic E-state index is 0.141. The molecular weight excluding hydrogens is 276 g/mol. The quantitative estimate of drug-likeness (QED) is 0.939. The topological polar surface area (TPSA) is 62.5 Å². The number of hydrogen-bond donors (Lipinski definition) is 1. The third-order valence-corrected chi connectivity index (χ3v) is 3.91. The normalized spacial score (nSPS) is 16.5. The second-order valence-electron chi connectivity index (χ2n) is 5.50. The number of anilines is 2. The molecule has 114 valence electrons. The van der Waals surface area contributed by atoms with E-state index in [1.54, 1.807) is 17.2 Å². The summed E-state index contributed by atoms with van der Waals surface area (Å²) >= 11 is 0. The highest BCUT2D eigenvalue weighted by Crippen LogP contribution is 2.18. The molecule has 0 atom stereocenters. The van der Waals surface area contributed by atoms with Gasteiger partial charge in [-0.05, 0) is 17.7 Å². The van der Waals surface area contributed by atoms with Gasteiger partial charge in [-0.1, -0.05) is 30.3 Å². The van der Waals surface area contributed by atoms with Gasteiger partial charge in [-0.3, -0.25) is 9.69 Å². The van der Waals surface area contributed by atoms with Gasteiger partial charge in [-0.15, -0.1) is 0 Å². The van der Waals surface area contributed by atoms with Crippen molar-refractivity contribution in [2.45, 2.75) is 13.0 Å². The Balaban J connectivity index is 1.67. The van der Waals surface area contributed by atoms with E-state index in [2.05, 4.69) is 22.0 Å². The van der Waals surface area contributed by atoms with Crippen LogP contribution in [0.3, 0.4) is 0 Å². The molecule has 1 aliphatic rings. The number of amides is 1. The molecule has 5 heteroatoms. The minimum Gasteiger partial charge on any atom is -0.384 e. The van der Waals surface area contributed by atoms with E-state index >= 15 is 0 Å². The summed E-state index contributed by atoms with van der Waals surface area (Å²) in [4.78, 5) is 20.5. The number of nitrogens with zero attached hydrogens (tertiary/aromatic N) is 3. The molecule has 5 nitrogen and oxygen atoms in total. The second kappa shape index (κ2) is 6.58. The molecule has 0 spiro atoms. The van der Waals surface area contributed by atoms with Crippen molar-refractivity contribution in [2.75, 3.05) is 30.3 Å². The summed E-state index contributed by atoms with van der Waals surface area (Å²) in [5, 5.41) is 0. The number of carbonyl (C=O) groups excluding carboxylic acids is 1. The molecule has 1 amide bonds.